The second-order valence-corrected chi connectivity index (χ2v) is 4.31. The van der Waals surface area contributed by atoms with Crippen LogP contribution in [-0.2, 0) is 4.79 Å². The molecule has 7 nitrogen and oxygen atoms in total. The predicted octanol–water partition coefficient (Wildman–Crippen LogP) is -0.389. The molecule has 1 aromatic heterocycles. The van der Waals surface area contributed by atoms with Crippen molar-refractivity contribution in [3.8, 4) is 0 Å². The number of carbonyl (C=O) groups is 2. The summed E-state index contributed by atoms with van der Waals surface area (Å²) in [5.74, 6) is -0.633. The van der Waals surface area contributed by atoms with Crippen LogP contribution < -0.4 is 16.6 Å². The summed E-state index contributed by atoms with van der Waals surface area (Å²) in [6, 6.07) is -0.599. The predicted molar refractivity (Wildman–Crippen MR) is 65.1 cm³/mol. The average molecular weight is 251 g/mol. The Morgan fingerprint density at radius 3 is 2.44 bits per heavy atom. The van der Waals surface area contributed by atoms with Crippen LogP contribution in [0.25, 0.3) is 0 Å². The molecule has 2 amide bonds. The molecule has 0 bridgehead atoms. The minimum absolute atomic E-state index is 0.284. The number of hydrazine groups is 1. The lowest BCUT2D eigenvalue weighted by atomic mass is 10.0. The van der Waals surface area contributed by atoms with Crippen molar-refractivity contribution in [2.24, 2.45) is 11.7 Å². The maximum atomic E-state index is 11.7. The van der Waals surface area contributed by atoms with E-state index in [9.17, 15) is 9.59 Å². The third-order valence-corrected chi connectivity index (χ3v) is 2.23. The van der Waals surface area contributed by atoms with Crippen LogP contribution in [0.1, 0.15) is 30.6 Å². The second-order valence-electron chi connectivity index (χ2n) is 4.31. The molecule has 0 aromatic carbocycles. The van der Waals surface area contributed by atoms with E-state index in [2.05, 4.69) is 20.8 Å². The van der Waals surface area contributed by atoms with Crippen LogP contribution in [0.4, 0.5) is 0 Å². The van der Waals surface area contributed by atoms with Gasteiger partial charge in [-0.3, -0.25) is 15.0 Å². The van der Waals surface area contributed by atoms with E-state index in [1.165, 1.54) is 18.7 Å². The number of rotatable bonds is 6. The van der Waals surface area contributed by atoms with Gasteiger partial charge in [-0.15, -0.1) is 0 Å². The van der Waals surface area contributed by atoms with Crippen molar-refractivity contribution in [2.75, 3.05) is 0 Å². The van der Waals surface area contributed by atoms with Crippen molar-refractivity contribution < 1.29 is 9.59 Å². The molecular weight excluding hydrogens is 234 g/mol. The molecule has 0 saturated heterocycles. The fraction of sp³-hybridized carbons (Fsp3) is 0.455. The molecule has 0 aliphatic heterocycles. The van der Waals surface area contributed by atoms with Crippen LogP contribution >= 0.6 is 0 Å². The van der Waals surface area contributed by atoms with Gasteiger partial charge >= 0.3 is 0 Å². The zero-order valence-corrected chi connectivity index (χ0v) is 10.4. The Bertz CT molecular complexity index is 407. The quantitative estimate of drug-likeness (QED) is 0.596. The van der Waals surface area contributed by atoms with Gasteiger partial charge in [0.25, 0.3) is 5.91 Å². The lowest BCUT2D eigenvalue weighted by Crippen LogP contribution is -2.51. The van der Waals surface area contributed by atoms with E-state index in [0.29, 0.717) is 12.0 Å². The number of hydrogen-bond donors (Lipinski definition) is 3. The van der Waals surface area contributed by atoms with Crippen molar-refractivity contribution in [2.45, 2.75) is 26.3 Å². The highest BCUT2D eigenvalue weighted by Crippen LogP contribution is 2.03. The first-order valence-corrected chi connectivity index (χ1v) is 5.61. The van der Waals surface area contributed by atoms with Gasteiger partial charge in [0.1, 0.15) is 12.4 Å². The molecule has 0 aliphatic rings. The first-order chi connectivity index (χ1) is 8.50. The Labute approximate surface area is 105 Å². The summed E-state index contributed by atoms with van der Waals surface area (Å²) in [6.07, 6.45) is 4.63. The maximum Gasteiger partial charge on any atom is 0.268 e. The molecule has 1 aromatic rings. The third kappa shape index (κ3) is 4.46. The molecule has 0 saturated carbocycles. The van der Waals surface area contributed by atoms with Gasteiger partial charge in [0.2, 0.25) is 5.91 Å². The summed E-state index contributed by atoms with van der Waals surface area (Å²) >= 11 is 0. The molecule has 1 heterocycles. The summed E-state index contributed by atoms with van der Waals surface area (Å²) in [5.41, 5.74) is 10.6. The molecule has 4 N–H and O–H groups in total. The molecule has 0 fully saturated rings. The SMILES string of the molecule is CC(C)CC(NNC(=O)c1cncnc1)C(N)=O. The monoisotopic (exact) mass is 251 g/mol. The number of amides is 2. The highest BCUT2D eigenvalue weighted by atomic mass is 16.2. The number of hydrogen-bond acceptors (Lipinski definition) is 5. The summed E-state index contributed by atoms with van der Waals surface area (Å²) in [5, 5.41) is 0. The smallest absolute Gasteiger partial charge is 0.268 e. The number of nitrogens with one attached hydrogen (secondary N) is 2. The van der Waals surface area contributed by atoms with E-state index in [0.717, 1.165) is 0 Å². The van der Waals surface area contributed by atoms with Crippen molar-refractivity contribution in [1.29, 1.82) is 0 Å². The van der Waals surface area contributed by atoms with E-state index >= 15 is 0 Å². The van der Waals surface area contributed by atoms with Gasteiger partial charge in [-0.05, 0) is 12.3 Å². The van der Waals surface area contributed by atoms with Gasteiger partial charge in [-0.1, -0.05) is 13.8 Å². The minimum Gasteiger partial charge on any atom is -0.368 e. The molecule has 18 heavy (non-hydrogen) atoms. The fourth-order valence-electron chi connectivity index (χ4n) is 1.36. The fourth-order valence-corrected chi connectivity index (χ4v) is 1.36. The molecule has 0 radical (unpaired) electrons. The van der Waals surface area contributed by atoms with Crippen LogP contribution in [-0.4, -0.2) is 27.8 Å². The van der Waals surface area contributed by atoms with E-state index < -0.39 is 17.9 Å². The molecule has 0 spiro atoms. The number of primary amides is 1. The highest BCUT2D eigenvalue weighted by Gasteiger charge is 2.17. The second kappa shape index (κ2) is 6.65. The molecular formula is C11H17N5O2. The Hall–Kier alpha value is -2.02. The molecule has 1 rings (SSSR count). The standard InChI is InChI=1S/C11H17N5O2/c1-7(2)3-9(10(12)17)15-16-11(18)8-4-13-6-14-5-8/h4-7,9,15H,3H2,1-2H3,(H2,12,17)(H,16,18). The maximum absolute atomic E-state index is 11.7. The number of nitrogens with zero attached hydrogens (tertiary/aromatic N) is 2. The molecule has 0 aliphatic carbocycles. The zero-order chi connectivity index (χ0) is 13.5. The molecule has 7 heteroatoms. The van der Waals surface area contributed by atoms with Crippen LogP contribution in [0.5, 0.6) is 0 Å². The molecule has 1 unspecified atom stereocenters. The lowest BCUT2D eigenvalue weighted by Gasteiger charge is -2.17. The van der Waals surface area contributed by atoms with Gasteiger partial charge < -0.3 is 5.73 Å². The number of aromatic nitrogens is 2. The third-order valence-electron chi connectivity index (χ3n) is 2.23. The normalized spacial score (nSPS) is 12.2. The van der Waals surface area contributed by atoms with Crippen molar-refractivity contribution in [1.82, 2.24) is 20.8 Å². The van der Waals surface area contributed by atoms with Gasteiger partial charge in [0.15, 0.2) is 0 Å². The topological polar surface area (TPSA) is 110 Å². The first-order valence-electron chi connectivity index (χ1n) is 5.61. The van der Waals surface area contributed by atoms with Crippen LogP contribution in [0.2, 0.25) is 0 Å². The molecule has 1 atom stereocenters. The Morgan fingerprint density at radius 1 is 1.33 bits per heavy atom. The highest BCUT2D eigenvalue weighted by molar-refractivity contribution is 5.93. The van der Waals surface area contributed by atoms with Crippen LogP contribution in [0.15, 0.2) is 18.7 Å². The van der Waals surface area contributed by atoms with Crippen LogP contribution in [0.3, 0.4) is 0 Å². The Morgan fingerprint density at radius 2 is 1.94 bits per heavy atom. The summed E-state index contributed by atoms with van der Waals surface area (Å²) in [6.45, 7) is 3.93. The van der Waals surface area contributed by atoms with Crippen LogP contribution in [0, 0.1) is 5.92 Å². The van der Waals surface area contributed by atoms with E-state index in [-0.39, 0.29) is 5.92 Å². The van der Waals surface area contributed by atoms with Gasteiger partial charge in [0, 0.05) is 12.4 Å². The summed E-state index contributed by atoms with van der Waals surface area (Å²) in [4.78, 5) is 30.3. The van der Waals surface area contributed by atoms with Gasteiger partial charge in [-0.2, -0.15) is 0 Å². The first kappa shape index (κ1) is 14.0. The summed E-state index contributed by atoms with van der Waals surface area (Å²) < 4.78 is 0. The van der Waals surface area contributed by atoms with E-state index in [1.807, 2.05) is 13.8 Å². The van der Waals surface area contributed by atoms with Crippen molar-refractivity contribution in [3.63, 3.8) is 0 Å². The van der Waals surface area contributed by atoms with E-state index in [1.54, 1.807) is 0 Å². The Kier molecular flexibility index (Phi) is 5.19. The lowest BCUT2D eigenvalue weighted by molar-refractivity contribution is -0.120. The minimum atomic E-state index is -0.599. The van der Waals surface area contributed by atoms with E-state index in [4.69, 9.17) is 5.73 Å². The Balaban J connectivity index is 2.52. The van der Waals surface area contributed by atoms with Gasteiger partial charge in [0.05, 0.1) is 5.56 Å². The summed E-state index contributed by atoms with van der Waals surface area (Å²) in [7, 11) is 0. The largest absolute Gasteiger partial charge is 0.368 e. The average Bonchev–Trinajstić information content (AvgIpc) is 2.34. The van der Waals surface area contributed by atoms with Gasteiger partial charge in [-0.25, -0.2) is 15.4 Å². The number of nitrogens with two attached hydrogens (primary N) is 1. The van der Waals surface area contributed by atoms with Crippen molar-refractivity contribution in [3.05, 3.63) is 24.3 Å². The number of carbonyl (C=O) groups excluding carboxylic acids is 2. The zero-order valence-electron chi connectivity index (χ0n) is 10.4. The van der Waals surface area contributed by atoms with Crippen molar-refractivity contribution >= 4 is 11.8 Å². The molecule has 98 valence electrons.